The molecule has 0 aromatic heterocycles. The fourth-order valence-electron chi connectivity index (χ4n) is 2.37. The third-order valence-corrected chi connectivity index (χ3v) is 3.16. The van der Waals surface area contributed by atoms with Gasteiger partial charge in [0.05, 0.1) is 0 Å². The van der Waals surface area contributed by atoms with Crippen LogP contribution in [0.2, 0.25) is 0 Å². The van der Waals surface area contributed by atoms with Crippen LogP contribution >= 0.6 is 0 Å². The lowest BCUT2D eigenvalue weighted by atomic mass is 9.92. The molecular weight excluding hydrogens is 256 g/mol. The number of ether oxygens (including phenoxy) is 2. The quantitative estimate of drug-likeness (QED) is 0.620. The van der Waals surface area contributed by atoms with E-state index in [1.807, 2.05) is 18.2 Å². The van der Waals surface area contributed by atoms with Gasteiger partial charge in [-0.15, -0.1) is 0 Å². The van der Waals surface area contributed by atoms with Crippen LogP contribution in [0, 0.1) is 0 Å². The molecule has 1 aliphatic heterocycles. The molecule has 2 aromatic carbocycles. The van der Waals surface area contributed by atoms with Gasteiger partial charge in [-0.25, -0.2) is 0 Å². The first-order valence-corrected chi connectivity index (χ1v) is 6.25. The van der Waals surface area contributed by atoms with Crippen molar-refractivity contribution < 1.29 is 19.1 Å². The molecule has 3 rings (SSSR count). The smallest absolute Gasteiger partial charge is 0.323 e. The first-order chi connectivity index (χ1) is 9.66. The van der Waals surface area contributed by atoms with Gasteiger partial charge in [0.25, 0.3) is 0 Å². The van der Waals surface area contributed by atoms with Crippen molar-refractivity contribution in [2.24, 2.45) is 0 Å². The highest BCUT2D eigenvalue weighted by Gasteiger charge is 2.36. The highest BCUT2D eigenvalue weighted by Crippen LogP contribution is 2.41. The molecule has 4 heteroatoms. The molecule has 20 heavy (non-hydrogen) atoms. The first kappa shape index (κ1) is 12.4. The Morgan fingerprint density at radius 3 is 2.45 bits per heavy atom. The standard InChI is InChI=1S/C16H12O4/c1-10(17)19-13-8-4-2-6-11(13)15-12-7-3-5-9-14(12)20-16(15)18/h2-9,15H,1H3. The third kappa shape index (κ3) is 2.05. The van der Waals surface area contributed by atoms with Gasteiger partial charge in [0, 0.05) is 18.1 Å². The van der Waals surface area contributed by atoms with Crippen LogP contribution in [-0.4, -0.2) is 11.9 Å². The predicted molar refractivity (Wildman–Crippen MR) is 71.7 cm³/mol. The number of benzene rings is 2. The van der Waals surface area contributed by atoms with Gasteiger partial charge in [-0.2, -0.15) is 0 Å². The van der Waals surface area contributed by atoms with Crippen molar-refractivity contribution in [3.8, 4) is 11.5 Å². The Morgan fingerprint density at radius 2 is 1.70 bits per heavy atom. The molecule has 0 fully saturated rings. The highest BCUT2D eigenvalue weighted by atomic mass is 16.5. The number of para-hydroxylation sites is 2. The molecule has 0 aliphatic carbocycles. The van der Waals surface area contributed by atoms with Crippen molar-refractivity contribution in [1.29, 1.82) is 0 Å². The molecule has 0 bridgehead atoms. The molecule has 0 spiro atoms. The van der Waals surface area contributed by atoms with E-state index in [2.05, 4.69) is 0 Å². The number of esters is 2. The van der Waals surface area contributed by atoms with Crippen LogP contribution in [0.5, 0.6) is 11.5 Å². The second kappa shape index (κ2) is 4.81. The summed E-state index contributed by atoms with van der Waals surface area (Å²) >= 11 is 0. The zero-order valence-corrected chi connectivity index (χ0v) is 10.8. The van der Waals surface area contributed by atoms with Crippen LogP contribution in [0.1, 0.15) is 24.0 Å². The zero-order chi connectivity index (χ0) is 14.1. The first-order valence-electron chi connectivity index (χ1n) is 6.25. The fourth-order valence-corrected chi connectivity index (χ4v) is 2.37. The van der Waals surface area contributed by atoms with E-state index < -0.39 is 11.9 Å². The Hall–Kier alpha value is -2.62. The molecule has 0 saturated carbocycles. The Balaban J connectivity index is 2.10. The molecule has 1 aliphatic rings. The molecule has 0 radical (unpaired) electrons. The van der Waals surface area contributed by atoms with E-state index in [4.69, 9.17) is 9.47 Å². The maximum absolute atomic E-state index is 12.1. The lowest BCUT2D eigenvalue weighted by molar-refractivity contribution is -0.134. The molecule has 0 amide bonds. The van der Waals surface area contributed by atoms with Crippen molar-refractivity contribution >= 4 is 11.9 Å². The summed E-state index contributed by atoms with van der Waals surface area (Å²) in [6.45, 7) is 1.33. The Labute approximate surface area is 115 Å². The summed E-state index contributed by atoms with van der Waals surface area (Å²) in [7, 11) is 0. The molecule has 2 aromatic rings. The molecule has 0 N–H and O–H groups in total. The van der Waals surface area contributed by atoms with E-state index in [0.29, 0.717) is 17.1 Å². The minimum atomic E-state index is -0.554. The molecule has 1 unspecified atom stereocenters. The van der Waals surface area contributed by atoms with Gasteiger partial charge in [0.15, 0.2) is 0 Å². The summed E-state index contributed by atoms with van der Waals surface area (Å²) in [5.41, 5.74) is 1.43. The number of fused-ring (bicyclic) bond motifs is 1. The van der Waals surface area contributed by atoms with Crippen LogP contribution in [-0.2, 0) is 9.59 Å². The van der Waals surface area contributed by atoms with Gasteiger partial charge in [-0.3, -0.25) is 9.59 Å². The van der Waals surface area contributed by atoms with Crippen LogP contribution in [0.25, 0.3) is 0 Å². The molecule has 100 valence electrons. The van der Waals surface area contributed by atoms with Gasteiger partial charge < -0.3 is 9.47 Å². The summed E-state index contributed by atoms with van der Waals surface area (Å²) < 4.78 is 10.4. The largest absolute Gasteiger partial charge is 0.426 e. The number of carbonyl (C=O) groups is 2. The SMILES string of the molecule is CC(=O)Oc1ccccc1C1C(=O)Oc2ccccc21. The van der Waals surface area contributed by atoms with E-state index in [0.717, 1.165) is 5.56 Å². The molecule has 4 nitrogen and oxygen atoms in total. The average Bonchev–Trinajstić information content (AvgIpc) is 2.75. The van der Waals surface area contributed by atoms with Crippen LogP contribution in [0.3, 0.4) is 0 Å². The number of carbonyl (C=O) groups excluding carboxylic acids is 2. The van der Waals surface area contributed by atoms with Gasteiger partial charge in [0.1, 0.15) is 17.4 Å². The molecule has 1 heterocycles. The molecule has 0 saturated heterocycles. The molecular formula is C16H12O4. The summed E-state index contributed by atoms with van der Waals surface area (Å²) in [6, 6.07) is 14.3. The van der Waals surface area contributed by atoms with E-state index in [1.165, 1.54) is 6.92 Å². The number of rotatable bonds is 2. The average molecular weight is 268 g/mol. The summed E-state index contributed by atoms with van der Waals surface area (Å²) in [4.78, 5) is 23.3. The van der Waals surface area contributed by atoms with Crippen molar-refractivity contribution in [2.75, 3.05) is 0 Å². The van der Waals surface area contributed by atoms with E-state index in [1.54, 1.807) is 30.3 Å². The predicted octanol–water partition coefficient (Wildman–Crippen LogP) is 2.66. The Morgan fingerprint density at radius 1 is 1.05 bits per heavy atom. The number of hydrogen-bond acceptors (Lipinski definition) is 4. The summed E-state index contributed by atoms with van der Waals surface area (Å²) in [5.74, 6) is -0.386. The number of hydrogen-bond donors (Lipinski definition) is 0. The normalized spacial score (nSPS) is 16.4. The van der Waals surface area contributed by atoms with E-state index in [9.17, 15) is 9.59 Å². The Kier molecular flexibility index (Phi) is 2.99. The zero-order valence-electron chi connectivity index (χ0n) is 10.8. The van der Waals surface area contributed by atoms with Gasteiger partial charge >= 0.3 is 11.9 Å². The van der Waals surface area contributed by atoms with Crippen molar-refractivity contribution in [2.45, 2.75) is 12.8 Å². The third-order valence-electron chi connectivity index (χ3n) is 3.16. The van der Waals surface area contributed by atoms with Crippen LogP contribution in [0.15, 0.2) is 48.5 Å². The second-order valence-corrected chi connectivity index (χ2v) is 4.52. The van der Waals surface area contributed by atoms with Crippen LogP contribution in [0.4, 0.5) is 0 Å². The van der Waals surface area contributed by atoms with Gasteiger partial charge in [0.2, 0.25) is 0 Å². The maximum Gasteiger partial charge on any atom is 0.323 e. The Bertz CT molecular complexity index is 690. The van der Waals surface area contributed by atoms with E-state index in [-0.39, 0.29) is 5.97 Å². The van der Waals surface area contributed by atoms with Crippen LogP contribution < -0.4 is 9.47 Å². The van der Waals surface area contributed by atoms with Gasteiger partial charge in [-0.05, 0) is 12.1 Å². The highest BCUT2D eigenvalue weighted by molar-refractivity contribution is 5.90. The van der Waals surface area contributed by atoms with Gasteiger partial charge in [-0.1, -0.05) is 36.4 Å². The minimum absolute atomic E-state index is 0.356. The molecule has 1 atom stereocenters. The summed E-state index contributed by atoms with van der Waals surface area (Å²) in [5, 5.41) is 0. The minimum Gasteiger partial charge on any atom is -0.426 e. The fraction of sp³-hybridized carbons (Fsp3) is 0.125. The monoisotopic (exact) mass is 268 g/mol. The lowest BCUT2D eigenvalue weighted by Gasteiger charge is -2.12. The topological polar surface area (TPSA) is 52.6 Å². The van der Waals surface area contributed by atoms with Crippen molar-refractivity contribution in [3.05, 3.63) is 59.7 Å². The van der Waals surface area contributed by atoms with Crippen molar-refractivity contribution in [1.82, 2.24) is 0 Å². The second-order valence-electron chi connectivity index (χ2n) is 4.52. The van der Waals surface area contributed by atoms with Crippen molar-refractivity contribution in [3.63, 3.8) is 0 Å². The van der Waals surface area contributed by atoms with E-state index >= 15 is 0 Å². The lowest BCUT2D eigenvalue weighted by Crippen LogP contribution is -2.14. The summed E-state index contributed by atoms with van der Waals surface area (Å²) in [6.07, 6.45) is 0. The maximum atomic E-state index is 12.1.